The summed E-state index contributed by atoms with van der Waals surface area (Å²) in [6, 6.07) is 1.99. The van der Waals surface area contributed by atoms with E-state index in [1.165, 1.54) is 11.1 Å². The number of allylic oxidation sites excluding steroid dienone is 2. The Hall–Kier alpha value is -1.51. The fourth-order valence-corrected chi connectivity index (χ4v) is 5.34. The number of hydrogen-bond donors (Lipinski definition) is 1. The highest BCUT2D eigenvalue weighted by atomic mass is 16.4. The quantitative estimate of drug-likeness (QED) is 0.788. The van der Waals surface area contributed by atoms with E-state index in [0.717, 1.165) is 38.5 Å². The Bertz CT molecular complexity index is 600. The molecule has 1 saturated carbocycles. The van der Waals surface area contributed by atoms with Crippen LogP contribution in [0.5, 0.6) is 0 Å². The summed E-state index contributed by atoms with van der Waals surface area (Å²) in [7, 11) is 0. The second kappa shape index (κ2) is 5.85. The minimum atomic E-state index is -0.617. The average molecular weight is 316 g/mol. The van der Waals surface area contributed by atoms with Gasteiger partial charge in [-0.3, -0.25) is 4.79 Å². The summed E-state index contributed by atoms with van der Waals surface area (Å²) in [4.78, 5) is 12.0. The molecule has 1 N–H and O–H groups in total. The maximum absolute atomic E-state index is 12.0. The topological polar surface area (TPSA) is 50.4 Å². The number of aryl methyl sites for hydroxylation is 1. The molecule has 1 fully saturated rings. The molecule has 0 bridgehead atoms. The number of carboxylic acids is 1. The molecule has 4 atom stereocenters. The van der Waals surface area contributed by atoms with Gasteiger partial charge in [0.2, 0.25) is 0 Å². The predicted molar refractivity (Wildman–Crippen MR) is 90.1 cm³/mol. The number of furan rings is 1. The van der Waals surface area contributed by atoms with Crippen LogP contribution in [0.2, 0.25) is 0 Å². The van der Waals surface area contributed by atoms with E-state index < -0.39 is 5.97 Å². The summed E-state index contributed by atoms with van der Waals surface area (Å²) in [6.07, 6.45) is 11.6. The number of carbonyl (C=O) groups is 1. The van der Waals surface area contributed by atoms with Crippen molar-refractivity contribution in [2.75, 3.05) is 0 Å². The molecule has 0 aromatic carbocycles. The van der Waals surface area contributed by atoms with Crippen LogP contribution in [0.1, 0.15) is 58.4 Å². The van der Waals surface area contributed by atoms with Crippen molar-refractivity contribution in [3.63, 3.8) is 0 Å². The predicted octanol–water partition coefficient (Wildman–Crippen LogP) is 5.08. The lowest BCUT2D eigenvalue weighted by atomic mass is 9.46. The molecule has 1 aromatic heterocycles. The molecular weight excluding hydrogens is 288 g/mol. The molecule has 2 aliphatic carbocycles. The van der Waals surface area contributed by atoms with Gasteiger partial charge in [-0.2, -0.15) is 0 Å². The zero-order valence-electron chi connectivity index (χ0n) is 14.5. The fourth-order valence-electron chi connectivity index (χ4n) is 5.34. The second-order valence-corrected chi connectivity index (χ2v) is 8.00. The third-order valence-electron chi connectivity index (χ3n) is 6.95. The summed E-state index contributed by atoms with van der Waals surface area (Å²) >= 11 is 0. The molecule has 3 nitrogen and oxygen atoms in total. The molecule has 0 aliphatic heterocycles. The first-order valence-electron chi connectivity index (χ1n) is 8.79. The first-order chi connectivity index (χ1) is 10.9. The van der Waals surface area contributed by atoms with Crippen molar-refractivity contribution in [2.24, 2.45) is 22.7 Å². The third-order valence-corrected chi connectivity index (χ3v) is 6.95. The molecule has 0 saturated heterocycles. The lowest BCUT2D eigenvalue weighted by Gasteiger charge is -2.57. The molecule has 1 aromatic rings. The molecule has 1 heterocycles. The highest BCUT2D eigenvalue weighted by molar-refractivity contribution is 5.71. The van der Waals surface area contributed by atoms with E-state index in [0.29, 0.717) is 5.92 Å². The summed E-state index contributed by atoms with van der Waals surface area (Å²) < 4.78 is 5.18. The highest BCUT2D eigenvalue weighted by Crippen LogP contribution is 2.61. The van der Waals surface area contributed by atoms with Gasteiger partial charge in [0.05, 0.1) is 18.4 Å². The van der Waals surface area contributed by atoms with Crippen LogP contribution in [-0.2, 0) is 11.2 Å². The Labute approximate surface area is 138 Å². The Morgan fingerprint density at radius 2 is 2.17 bits per heavy atom. The van der Waals surface area contributed by atoms with Crippen molar-refractivity contribution >= 4 is 5.97 Å². The number of carboxylic acid groups (broad SMARTS) is 1. The molecule has 126 valence electrons. The number of rotatable bonds is 4. The minimum Gasteiger partial charge on any atom is -0.481 e. The fraction of sp³-hybridized carbons (Fsp3) is 0.650. The zero-order chi connectivity index (χ0) is 16.7. The van der Waals surface area contributed by atoms with E-state index in [9.17, 15) is 9.90 Å². The van der Waals surface area contributed by atoms with Gasteiger partial charge in [0.25, 0.3) is 0 Å². The first-order valence-corrected chi connectivity index (χ1v) is 8.79. The van der Waals surface area contributed by atoms with Gasteiger partial charge in [0.1, 0.15) is 0 Å². The summed E-state index contributed by atoms with van der Waals surface area (Å²) in [5.41, 5.74) is 2.64. The molecule has 2 aliphatic rings. The van der Waals surface area contributed by atoms with Crippen LogP contribution in [0.4, 0.5) is 0 Å². The normalized spacial score (nSPS) is 37.1. The third kappa shape index (κ3) is 2.64. The lowest BCUT2D eigenvalue weighted by molar-refractivity contribution is -0.156. The van der Waals surface area contributed by atoms with Crippen LogP contribution < -0.4 is 0 Å². The first kappa shape index (κ1) is 16.4. The van der Waals surface area contributed by atoms with Gasteiger partial charge in [-0.1, -0.05) is 25.5 Å². The van der Waals surface area contributed by atoms with Crippen molar-refractivity contribution in [3.8, 4) is 0 Å². The molecule has 3 rings (SSSR count). The van der Waals surface area contributed by atoms with Crippen LogP contribution in [0.15, 0.2) is 34.7 Å². The smallest absolute Gasteiger partial charge is 0.307 e. The van der Waals surface area contributed by atoms with Crippen LogP contribution >= 0.6 is 0 Å². The maximum atomic E-state index is 12.0. The number of fused-ring (bicyclic) bond motifs is 1. The molecule has 0 spiro atoms. The van der Waals surface area contributed by atoms with E-state index in [2.05, 4.69) is 26.8 Å². The van der Waals surface area contributed by atoms with Crippen LogP contribution in [0, 0.1) is 22.7 Å². The molecule has 0 unspecified atom stereocenters. The Morgan fingerprint density at radius 1 is 1.39 bits per heavy atom. The van der Waals surface area contributed by atoms with Crippen LogP contribution in [0.25, 0.3) is 0 Å². The Kier molecular flexibility index (Phi) is 4.16. The monoisotopic (exact) mass is 316 g/mol. The van der Waals surface area contributed by atoms with Crippen molar-refractivity contribution in [3.05, 3.63) is 35.8 Å². The van der Waals surface area contributed by atoms with E-state index >= 15 is 0 Å². The summed E-state index contributed by atoms with van der Waals surface area (Å²) in [5.74, 6) is -0.408. The van der Waals surface area contributed by atoms with E-state index in [1.807, 2.05) is 6.07 Å². The van der Waals surface area contributed by atoms with E-state index in [4.69, 9.17) is 4.42 Å². The zero-order valence-corrected chi connectivity index (χ0v) is 14.5. The van der Waals surface area contributed by atoms with Crippen LogP contribution in [0.3, 0.4) is 0 Å². The standard InChI is InChI=1S/C20H28O3/c1-14-5-4-6-17-19(14,2)11-8-16(18(21)22)20(17,3)10-7-15-9-12-23-13-15/h5,9,12-13,16-17H,4,6-8,10-11H2,1-3H3,(H,21,22)/t16-,17-,19-,20-/m0/s1. The van der Waals surface area contributed by atoms with Gasteiger partial charge in [-0.25, -0.2) is 0 Å². The molecule has 0 amide bonds. The summed E-state index contributed by atoms with van der Waals surface area (Å²) in [5, 5.41) is 9.84. The van der Waals surface area contributed by atoms with Crippen molar-refractivity contribution in [2.45, 2.75) is 59.3 Å². The minimum absolute atomic E-state index is 0.161. The van der Waals surface area contributed by atoms with Gasteiger partial charge in [0.15, 0.2) is 0 Å². The lowest BCUT2D eigenvalue weighted by Crippen LogP contribution is -2.52. The van der Waals surface area contributed by atoms with Crippen LogP contribution in [-0.4, -0.2) is 11.1 Å². The number of aliphatic carboxylic acids is 1. The highest BCUT2D eigenvalue weighted by Gasteiger charge is 2.56. The number of hydrogen-bond acceptors (Lipinski definition) is 2. The Morgan fingerprint density at radius 3 is 2.83 bits per heavy atom. The SMILES string of the molecule is CC1=CCC[C@@H]2[C@@](C)(CCc3ccoc3)[C@H](C(=O)O)CC[C@@]12C. The van der Waals surface area contributed by atoms with Gasteiger partial charge in [0, 0.05) is 0 Å². The molecular formula is C20H28O3. The largest absolute Gasteiger partial charge is 0.481 e. The van der Waals surface area contributed by atoms with E-state index in [1.54, 1.807) is 12.5 Å². The van der Waals surface area contributed by atoms with E-state index in [-0.39, 0.29) is 16.7 Å². The van der Waals surface area contributed by atoms with Crippen molar-refractivity contribution < 1.29 is 14.3 Å². The van der Waals surface area contributed by atoms with Gasteiger partial charge in [-0.15, -0.1) is 0 Å². The van der Waals surface area contributed by atoms with Gasteiger partial charge >= 0.3 is 5.97 Å². The second-order valence-electron chi connectivity index (χ2n) is 8.00. The maximum Gasteiger partial charge on any atom is 0.307 e. The van der Waals surface area contributed by atoms with Gasteiger partial charge in [-0.05, 0) is 73.8 Å². The molecule has 23 heavy (non-hydrogen) atoms. The Balaban J connectivity index is 1.93. The van der Waals surface area contributed by atoms with Crippen molar-refractivity contribution in [1.82, 2.24) is 0 Å². The van der Waals surface area contributed by atoms with Gasteiger partial charge < -0.3 is 9.52 Å². The summed E-state index contributed by atoms with van der Waals surface area (Å²) in [6.45, 7) is 6.83. The van der Waals surface area contributed by atoms with Crippen molar-refractivity contribution in [1.29, 1.82) is 0 Å². The molecule has 3 heteroatoms. The molecule has 0 radical (unpaired) electrons. The average Bonchev–Trinajstić information content (AvgIpc) is 3.01.